The van der Waals surface area contributed by atoms with Gasteiger partial charge in [0.1, 0.15) is 5.75 Å². The third-order valence-electron chi connectivity index (χ3n) is 3.75. The summed E-state index contributed by atoms with van der Waals surface area (Å²) < 4.78 is 24.8. The second kappa shape index (κ2) is 9.43. The first-order chi connectivity index (χ1) is 13.6. The highest BCUT2D eigenvalue weighted by Gasteiger charge is 2.06. The summed E-state index contributed by atoms with van der Waals surface area (Å²) in [5, 5.41) is 2.76. The van der Waals surface area contributed by atoms with E-state index in [0.717, 1.165) is 5.56 Å². The van der Waals surface area contributed by atoms with Crippen molar-refractivity contribution in [2.45, 2.75) is 6.61 Å². The highest BCUT2D eigenvalue weighted by molar-refractivity contribution is 6.01. The molecule has 1 heterocycles. The molecule has 28 heavy (non-hydrogen) atoms. The van der Waals surface area contributed by atoms with Gasteiger partial charge in [0.15, 0.2) is 11.6 Å². The van der Waals surface area contributed by atoms with Crippen molar-refractivity contribution in [2.75, 3.05) is 12.4 Å². The molecule has 6 heteroatoms. The molecule has 3 rings (SSSR count). The zero-order valence-corrected chi connectivity index (χ0v) is 15.3. The van der Waals surface area contributed by atoms with Crippen LogP contribution in [0.1, 0.15) is 11.1 Å². The lowest BCUT2D eigenvalue weighted by molar-refractivity contribution is -0.111. The Morgan fingerprint density at radius 3 is 2.82 bits per heavy atom. The summed E-state index contributed by atoms with van der Waals surface area (Å²) in [6.07, 6.45) is 5.99. The van der Waals surface area contributed by atoms with Gasteiger partial charge in [-0.25, -0.2) is 4.39 Å². The number of carbonyl (C=O) groups is 1. The van der Waals surface area contributed by atoms with Crippen molar-refractivity contribution in [3.8, 4) is 11.5 Å². The molecule has 0 atom stereocenters. The van der Waals surface area contributed by atoms with E-state index in [9.17, 15) is 9.18 Å². The smallest absolute Gasteiger partial charge is 0.248 e. The molecule has 1 aromatic heterocycles. The van der Waals surface area contributed by atoms with Crippen molar-refractivity contribution < 1.29 is 18.7 Å². The molecule has 1 amide bonds. The van der Waals surface area contributed by atoms with E-state index in [0.29, 0.717) is 23.6 Å². The van der Waals surface area contributed by atoms with Crippen LogP contribution in [-0.2, 0) is 16.1 Å². The number of carbonyl (C=O) groups excluding carboxylic acids is 1. The number of methoxy groups -OCH3 is 1. The van der Waals surface area contributed by atoms with Crippen molar-refractivity contribution >= 4 is 17.7 Å². The van der Waals surface area contributed by atoms with E-state index in [-0.39, 0.29) is 11.7 Å². The number of hydrogen-bond donors (Lipinski definition) is 1. The number of hydrogen-bond acceptors (Lipinski definition) is 4. The number of halogens is 1. The average Bonchev–Trinajstić information content (AvgIpc) is 2.70. The SMILES string of the molecule is COCc1cccc(NC(=O)/C=C/c2ccc(Oc3cccnc3)c(F)c2)c1. The van der Waals surface area contributed by atoms with E-state index < -0.39 is 5.82 Å². The van der Waals surface area contributed by atoms with Gasteiger partial charge in [-0.15, -0.1) is 0 Å². The molecule has 0 unspecified atom stereocenters. The number of ether oxygens (including phenoxy) is 2. The zero-order chi connectivity index (χ0) is 19.8. The minimum atomic E-state index is -0.529. The van der Waals surface area contributed by atoms with E-state index in [1.54, 1.807) is 37.6 Å². The maximum Gasteiger partial charge on any atom is 0.248 e. The quantitative estimate of drug-likeness (QED) is 0.599. The molecule has 2 aromatic carbocycles. The van der Waals surface area contributed by atoms with Crippen molar-refractivity contribution in [3.63, 3.8) is 0 Å². The van der Waals surface area contributed by atoms with Crippen molar-refractivity contribution in [1.82, 2.24) is 4.98 Å². The standard InChI is InChI=1S/C22H19FN2O3/c1-27-15-17-4-2-5-18(12-17)25-22(26)10-8-16-7-9-21(20(23)13-16)28-19-6-3-11-24-14-19/h2-14H,15H2,1H3,(H,25,26)/b10-8+. The van der Waals surface area contributed by atoms with Crippen LogP contribution >= 0.6 is 0 Å². The normalized spacial score (nSPS) is 10.8. The third kappa shape index (κ3) is 5.49. The number of pyridine rings is 1. The van der Waals surface area contributed by atoms with Gasteiger partial charge in [0.25, 0.3) is 0 Å². The Hall–Kier alpha value is -3.51. The van der Waals surface area contributed by atoms with Crippen LogP contribution in [0.5, 0.6) is 11.5 Å². The lowest BCUT2D eigenvalue weighted by Crippen LogP contribution is -2.08. The number of nitrogens with zero attached hydrogens (tertiary/aromatic N) is 1. The molecule has 0 aliphatic rings. The van der Waals surface area contributed by atoms with Crippen LogP contribution in [-0.4, -0.2) is 18.0 Å². The molecular weight excluding hydrogens is 359 g/mol. The molecule has 3 aromatic rings. The van der Waals surface area contributed by atoms with E-state index in [4.69, 9.17) is 9.47 Å². The minimum Gasteiger partial charge on any atom is -0.453 e. The van der Waals surface area contributed by atoms with Gasteiger partial charge < -0.3 is 14.8 Å². The maximum absolute atomic E-state index is 14.2. The van der Waals surface area contributed by atoms with Gasteiger partial charge >= 0.3 is 0 Å². The number of nitrogens with one attached hydrogen (secondary N) is 1. The second-order valence-electron chi connectivity index (χ2n) is 5.94. The van der Waals surface area contributed by atoms with Crippen LogP contribution < -0.4 is 10.1 Å². The van der Waals surface area contributed by atoms with Crippen molar-refractivity contribution in [2.24, 2.45) is 0 Å². The van der Waals surface area contributed by atoms with E-state index in [1.165, 1.54) is 30.5 Å². The average molecular weight is 378 g/mol. The van der Waals surface area contributed by atoms with Crippen LogP contribution in [0.25, 0.3) is 6.08 Å². The first kappa shape index (κ1) is 19.3. The van der Waals surface area contributed by atoms with E-state index in [1.807, 2.05) is 18.2 Å². The maximum atomic E-state index is 14.2. The number of anilines is 1. The molecule has 1 N–H and O–H groups in total. The van der Waals surface area contributed by atoms with Gasteiger partial charge in [-0.1, -0.05) is 18.2 Å². The molecule has 0 saturated heterocycles. The predicted molar refractivity (Wildman–Crippen MR) is 106 cm³/mol. The summed E-state index contributed by atoms with van der Waals surface area (Å²) in [5.74, 6) is -0.311. The van der Waals surface area contributed by atoms with Crippen LogP contribution in [0, 0.1) is 5.82 Å². The molecule has 0 fully saturated rings. The van der Waals surface area contributed by atoms with Gasteiger partial charge in [-0.05, 0) is 53.6 Å². The van der Waals surface area contributed by atoms with Gasteiger partial charge in [0.05, 0.1) is 12.8 Å². The fraction of sp³-hybridized carbons (Fsp3) is 0.0909. The third-order valence-corrected chi connectivity index (χ3v) is 3.75. The molecule has 0 aliphatic heterocycles. The molecule has 5 nitrogen and oxygen atoms in total. The fourth-order valence-corrected chi connectivity index (χ4v) is 2.50. The van der Waals surface area contributed by atoms with E-state index in [2.05, 4.69) is 10.3 Å². The Kier molecular flexibility index (Phi) is 6.49. The molecule has 0 spiro atoms. The summed E-state index contributed by atoms with van der Waals surface area (Å²) in [7, 11) is 1.61. The topological polar surface area (TPSA) is 60.5 Å². The molecular formula is C22H19FN2O3. The number of benzene rings is 2. The first-order valence-corrected chi connectivity index (χ1v) is 8.58. The Labute approximate surface area is 162 Å². The van der Waals surface area contributed by atoms with Crippen molar-refractivity contribution in [1.29, 1.82) is 0 Å². The lowest BCUT2D eigenvalue weighted by Gasteiger charge is -2.07. The molecule has 0 radical (unpaired) electrons. The molecule has 0 saturated carbocycles. The zero-order valence-electron chi connectivity index (χ0n) is 15.3. The lowest BCUT2D eigenvalue weighted by atomic mass is 10.2. The Balaban J connectivity index is 1.63. The highest BCUT2D eigenvalue weighted by Crippen LogP contribution is 2.24. The Bertz CT molecular complexity index is 975. The van der Waals surface area contributed by atoms with Crippen LogP contribution in [0.4, 0.5) is 10.1 Å². The Morgan fingerprint density at radius 2 is 2.07 bits per heavy atom. The summed E-state index contributed by atoms with van der Waals surface area (Å²) >= 11 is 0. The summed E-state index contributed by atoms with van der Waals surface area (Å²) in [4.78, 5) is 16.0. The molecule has 0 bridgehead atoms. The predicted octanol–water partition coefficient (Wildman–Crippen LogP) is 4.81. The monoisotopic (exact) mass is 378 g/mol. The summed E-state index contributed by atoms with van der Waals surface area (Å²) in [5.41, 5.74) is 2.16. The van der Waals surface area contributed by atoms with E-state index >= 15 is 0 Å². The van der Waals surface area contributed by atoms with Crippen LogP contribution in [0.2, 0.25) is 0 Å². The van der Waals surface area contributed by atoms with Gasteiger partial charge in [-0.3, -0.25) is 9.78 Å². The molecule has 142 valence electrons. The highest BCUT2D eigenvalue weighted by atomic mass is 19.1. The summed E-state index contributed by atoms with van der Waals surface area (Å²) in [6.45, 7) is 0.465. The van der Waals surface area contributed by atoms with Gasteiger partial charge in [-0.2, -0.15) is 0 Å². The van der Waals surface area contributed by atoms with Crippen LogP contribution in [0.3, 0.4) is 0 Å². The van der Waals surface area contributed by atoms with Gasteiger partial charge in [0.2, 0.25) is 5.91 Å². The largest absolute Gasteiger partial charge is 0.453 e. The number of aromatic nitrogens is 1. The first-order valence-electron chi connectivity index (χ1n) is 8.58. The second-order valence-corrected chi connectivity index (χ2v) is 5.94. The van der Waals surface area contributed by atoms with Crippen LogP contribution in [0.15, 0.2) is 73.1 Å². The fourth-order valence-electron chi connectivity index (χ4n) is 2.50. The minimum absolute atomic E-state index is 0.0876. The summed E-state index contributed by atoms with van der Waals surface area (Å²) in [6, 6.07) is 15.2. The van der Waals surface area contributed by atoms with Gasteiger partial charge in [0, 0.05) is 25.1 Å². The Morgan fingerprint density at radius 1 is 1.18 bits per heavy atom. The number of amides is 1. The molecule has 0 aliphatic carbocycles. The number of rotatable bonds is 7. The van der Waals surface area contributed by atoms with Crippen molar-refractivity contribution in [3.05, 3.63) is 90.0 Å².